The zero-order valence-corrected chi connectivity index (χ0v) is 6.44. The molecule has 0 bridgehead atoms. The van der Waals surface area contributed by atoms with Gasteiger partial charge in [0.1, 0.15) is 0 Å². The highest BCUT2D eigenvalue weighted by Gasteiger charge is 2.42. The van der Waals surface area contributed by atoms with E-state index in [0.717, 1.165) is 4.72 Å². The second kappa shape index (κ2) is 4.18. The lowest BCUT2D eigenvalue weighted by Gasteiger charge is -2.04. The summed E-state index contributed by atoms with van der Waals surface area (Å²) < 4.78 is 55.8. The van der Waals surface area contributed by atoms with E-state index in [2.05, 4.69) is 4.74 Å². The molecule has 76 valence electrons. The summed E-state index contributed by atoms with van der Waals surface area (Å²) in [5.74, 6) is -2.77. The SMILES string of the molecule is O=C(NS(=O)O)OC(=O)C(F)(F)F. The highest BCUT2D eigenvalue weighted by atomic mass is 32.2. The number of amides is 1. The third-order valence-electron chi connectivity index (χ3n) is 0.587. The minimum atomic E-state index is -5.33. The third kappa shape index (κ3) is 5.14. The number of nitrogens with one attached hydrogen (secondary N) is 1. The largest absolute Gasteiger partial charge is 0.491 e. The molecule has 0 heterocycles. The van der Waals surface area contributed by atoms with E-state index in [4.69, 9.17) is 4.55 Å². The molecule has 2 N–H and O–H groups in total. The summed E-state index contributed by atoms with van der Waals surface area (Å²) in [6, 6.07) is 0. The monoisotopic (exact) mass is 221 g/mol. The van der Waals surface area contributed by atoms with Crippen LogP contribution < -0.4 is 4.72 Å². The van der Waals surface area contributed by atoms with Crippen LogP contribution in [0.3, 0.4) is 0 Å². The Hall–Kier alpha value is -1.16. The van der Waals surface area contributed by atoms with E-state index >= 15 is 0 Å². The lowest BCUT2D eigenvalue weighted by atomic mass is 10.7. The van der Waals surface area contributed by atoms with Gasteiger partial charge in [-0.25, -0.2) is 18.5 Å². The molecular formula is C3H2F3NO5S. The summed E-state index contributed by atoms with van der Waals surface area (Å²) in [6.45, 7) is 0. The molecule has 0 aliphatic rings. The van der Waals surface area contributed by atoms with Gasteiger partial charge in [-0.3, -0.25) is 4.55 Å². The molecule has 1 atom stereocenters. The standard InChI is InChI=1S/C3H2F3NO5S/c4-3(5,6)1(8)12-2(9)7-13(10)11/h(H,7,9)(H,10,11). The molecule has 0 radical (unpaired) electrons. The van der Waals surface area contributed by atoms with Crippen molar-refractivity contribution in [1.82, 2.24) is 4.72 Å². The predicted molar refractivity (Wildman–Crippen MR) is 31.4 cm³/mol. The second-order valence-electron chi connectivity index (χ2n) is 1.53. The van der Waals surface area contributed by atoms with E-state index in [0.29, 0.717) is 0 Å². The van der Waals surface area contributed by atoms with Crippen LogP contribution >= 0.6 is 0 Å². The topological polar surface area (TPSA) is 92.7 Å². The van der Waals surface area contributed by atoms with Crippen molar-refractivity contribution in [2.45, 2.75) is 6.18 Å². The molecule has 0 rings (SSSR count). The van der Waals surface area contributed by atoms with Crippen LogP contribution in [-0.2, 0) is 20.8 Å². The number of hydrogen-bond donors (Lipinski definition) is 2. The fourth-order valence-electron chi connectivity index (χ4n) is 0.234. The number of rotatable bonds is 1. The number of carbonyl (C=O) groups excluding carboxylic acids is 2. The number of carbonyl (C=O) groups is 2. The van der Waals surface area contributed by atoms with Gasteiger partial charge in [-0.2, -0.15) is 13.2 Å². The van der Waals surface area contributed by atoms with Crippen molar-refractivity contribution in [3.8, 4) is 0 Å². The number of hydrogen-bond acceptors (Lipinski definition) is 4. The molecule has 13 heavy (non-hydrogen) atoms. The lowest BCUT2D eigenvalue weighted by Crippen LogP contribution is -2.34. The molecule has 10 heteroatoms. The summed E-state index contributed by atoms with van der Waals surface area (Å²) in [6.07, 6.45) is -7.28. The predicted octanol–water partition coefficient (Wildman–Crippen LogP) is -0.0618. The van der Waals surface area contributed by atoms with Gasteiger partial charge in [0.15, 0.2) is 0 Å². The highest BCUT2D eigenvalue weighted by Crippen LogP contribution is 2.16. The Morgan fingerprint density at radius 1 is 1.38 bits per heavy atom. The maximum Gasteiger partial charge on any atom is 0.491 e. The molecule has 0 aliphatic heterocycles. The van der Waals surface area contributed by atoms with E-state index in [-0.39, 0.29) is 0 Å². The fourth-order valence-corrected chi connectivity index (χ4v) is 0.418. The van der Waals surface area contributed by atoms with Gasteiger partial charge in [-0.05, 0) is 0 Å². The Kier molecular flexibility index (Phi) is 3.81. The Bertz CT molecular complexity index is 250. The minimum Gasteiger partial charge on any atom is -0.369 e. The first-order chi connectivity index (χ1) is 5.73. The Morgan fingerprint density at radius 2 is 1.85 bits per heavy atom. The first-order valence-electron chi connectivity index (χ1n) is 2.44. The molecule has 0 aromatic heterocycles. The quantitative estimate of drug-likeness (QED) is 0.367. The molecule has 1 unspecified atom stereocenters. The first kappa shape index (κ1) is 11.8. The van der Waals surface area contributed by atoms with Gasteiger partial charge in [-0.1, -0.05) is 0 Å². The summed E-state index contributed by atoms with van der Waals surface area (Å²) >= 11 is -2.88. The lowest BCUT2D eigenvalue weighted by molar-refractivity contribution is -0.192. The molecular weight excluding hydrogens is 219 g/mol. The molecule has 0 saturated heterocycles. The average molecular weight is 221 g/mol. The van der Waals surface area contributed by atoms with Crippen LogP contribution in [0.4, 0.5) is 18.0 Å². The van der Waals surface area contributed by atoms with Crippen LogP contribution in [0.15, 0.2) is 0 Å². The number of esters is 1. The van der Waals surface area contributed by atoms with Crippen LogP contribution in [0.1, 0.15) is 0 Å². The van der Waals surface area contributed by atoms with Crippen molar-refractivity contribution in [1.29, 1.82) is 0 Å². The van der Waals surface area contributed by atoms with Crippen molar-refractivity contribution >= 4 is 23.3 Å². The van der Waals surface area contributed by atoms with Crippen molar-refractivity contribution < 1.29 is 36.3 Å². The van der Waals surface area contributed by atoms with Crippen molar-refractivity contribution in [3.63, 3.8) is 0 Å². The number of alkyl halides is 3. The molecule has 0 saturated carbocycles. The normalized spacial score (nSPS) is 13.2. The Morgan fingerprint density at radius 3 is 2.15 bits per heavy atom. The van der Waals surface area contributed by atoms with E-state index in [9.17, 15) is 27.0 Å². The number of halogens is 3. The van der Waals surface area contributed by atoms with E-state index < -0.39 is 29.5 Å². The zero-order valence-electron chi connectivity index (χ0n) is 5.62. The molecule has 1 amide bonds. The summed E-state index contributed by atoms with van der Waals surface area (Å²) in [5.41, 5.74) is 0. The Labute approximate surface area is 71.5 Å². The molecule has 0 aromatic carbocycles. The summed E-state index contributed by atoms with van der Waals surface area (Å²) in [5, 5.41) is 0. The van der Waals surface area contributed by atoms with Gasteiger partial charge in [0.2, 0.25) is 0 Å². The van der Waals surface area contributed by atoms with Gasteiger partial charge >= 0.3 is 18.2 Å². The first-order valence-corrected chi connectivity index (χ1v) is 3.54. The number of ether oxygens (including phenoxy) is 1. The summed E-state index contributed by atoms with van der Waals surface area (Å²) in [4.78, 5) is 20.0. The van der Waals surface area contributed by atoms with Gasteiger partial charge < -0.3 is 4.74 Å². The van der Waals surface area contributed by atoms with Gasteiger partial charge in [0, 0.05) is 0 Å². The van der Waals surface area contributed by atoms with Crippen molar-refractivity contribution in [2.75, 3.05) is 0 Å². The van der Waals surface area contributed by atoms with Crippen molar-refractivity contribution in [2.24, 2.45) is 0 Å². The van der Waals surface area contributed by atoms with Crippen LogP contribution in [0.5, 0.6) is 0 Å². The summed E-state index contributed by atoms with van der Waals surface area (Å²) in [7, 11) is 0. The van der Waals surface area contributed by atoms with Crippen LogP contribution in [0.25, 0.3) is 0 Å². The van der Waals surface area contributed by atoms with E-state index in [1.54, 1.807) is 0 Å². The fraction of sp³-hybridized carbons (Fsp3) is 0.333. The average Bonchev–Trinajstić information content (AvgIpc) is 1.82. The Balaban J connectivity index is 4.08. The molecule has 0 fully saturated rings. The van der Waals surface area contributed by atoms with Gasteiger partial charge in [0.25, 0.3) is 11.3 Å². The molecule has 0 aromatic rings. The second-order valence-corrected chi connectivity index (χ2v) is 2.23. The minimum absolute atomic E-state index is 0.992. The van der Waals surface area contributed by atoms with Crippen molar-refractivity contribution in [3.05, 3.63) is 0 Å². The molecule has 6 nitrogen and oxygen atoms in total. The van der Waals surface area contributed by atoms with Gasteiger partial charge in [-0.15, -0.1) is 0 Å². The van der Waals surface area contributed by atoms with Crippen LogP contribution in [-0.4, -0.2) is 27.0 Å². The zero-order chi connectivity index (χ0) is 10.6. The maximum absolute atomic E-state index is 11.4. The third-order valence-corrected chi connectivity index (χ3v) is 0.929. The molecule has 0 aliphatic carbocycles. The maximum atomic E-state index is 11.4. The van der Waals surface area contributed by atoms with Crippen LogP contribution in [0.2, 0.25) is 0 Å². The van der Waals surface area contributed by atoms with E-state index in [1.165, 1.54) is 0 Å². The van der Waals surface area contributed by atoms with E-state index in [1.807, 2.05) is 0 Å². The highest BCUT2D eigenvalue weighted by molar-refractivity contribution is 7.77. The smallest absolute Gasteiger partial charge is 0.369 e. The van der Waals surface area contributed by atoms with Gasteiger partial charge in [0.05, 0.1) is 0 Å². The van der Waals surface area contributed by atoms with Crippen LogP contribution in [0, 0.1) is 0 Å². The molecule has 0 spiro atoms.